The van der Waals surface area contributed by atoms with Crippen LogP contribution in [-0.4, -0.2) is 30.3 Å². The molecule has 0 aromatic rings. The van der Waals surface area contributed by atoms with E-state index in [0.717, 1.165) is 0 Å². The van der Waals surface area contributed by atoms with Crippen molar-refractivity contribution < 1.29 is 14.6 Å². The van der Waals surface area contributed by atoms with E-state index in [1.54, 1.807) is 6.92 Å². The molecule has 9 heavy (non-hydrogen) atoms. The van der Waals surface area contributed by atoms with Crippen molar-refractivity contribution in [3.63, 3.8) is 0 Å². The molecule has 0 amide bonds. The summed E-state index contributed by atoms with van der Waals surface area (Å²) in [6.45, 7) is 1.62. The zero-order valence-corrected chi connectivity index (χ0v) is 5.33. The van der Waals surface area contributed by atoms with E-state index in [1.165, 1.54) is 0 Å². The van der Waals surface area contributed by atoms with E-state index in [4.69, 9.17) is 10.8 Å². The summed E-state index contributed by atoms with van der Waals surface area (Å²) < 4.78 is 4.47. The van der Waals surface area contributed by atoms with Gasteiger partial charge in [-0.15, -0.1) is 0 Å². The Labute approximate surface area is 53.6 Å². The highest BCUT2D eigenvalue weighted by atomic mass is 16.5. The minimum absolute atomic E-state index is 0.298. The summed E-state index contributed by atoms with van der Waals surface area (Å²) in [5, 5.41) is 8.31. The molecule has 0 aromatic carbocycles. The summed E-state index contributed by atoms with van der Waals surface area (Å²) in [5.41, 5.74) is 5.08. The molecule has 54 valence electrons. The van der Waals surface area contributed by atoms with Gasteiger partial charge in [0.15, 0.2) is 0 Å². The first kappa shape index (κ1) is 8.39. The molecule has 0 aliphatic heterocycles. The van der Waals surface area contributed by atoms with Crippen molar-refractivity contribution in [1.82, 2.24) is 0 Å². The van der Waals surface area contributed by atoms with Crippen LogP contribution in [0, 0.1) is 0 Å². The smallest absolute Gasteiger partial charge is 0.325 e. The van der Waals surface area contributed by atoms with Crippen LogP contribution in [-0.2, 0) is 9.53 Å². The minimum atomic E-state index is -0.884. The SMILES string of the molecule is CCOC(=O)[C@H](N)CO. The number of hydrogen-bond donors (Lipinski definition) is 2. The van der Waals surface area contributed by atoms with Crippen molar-refractivity contribution >= 4 is 5.97 Å². The second kappa shape index (κ2) is 4.29. The predicted molar refractivity (Wildman–Crippen MR) is 31.7 cm³/mol. The van der Waals surface area contributed by atoms with Crippen molar-refractivity contribution in [3.8, 4) is 0 Å². The summed E-state index contributed by atoms with van der Waals surface area (Å²) in [6.07, 6.45) is 0. The highest BCUT2D eigenvalue weighted by Crippen LogP contribution is 1.82. The molecular weight excluding hydrogens is 122 g/mol. The first-order chi connectivity index (χ1) is 4.22. The third kappa shape index (κ3) is 3.05. The van der Waals surface area contributed by atoms with Crippen LogP contribution < -0.4 is 5.73 Å². The molecule has 0 unspecified atom stereocenters. The Morgan fingerprint density at radius 3 is 2.78 bits per heavy atom. The van der Waals surface area contributed by atoms with Crippen molar-refractivity contribution in [2.75, 3.05) is 13.2 Å². The van der Waals surface area contributed by atoms with Crippen LogP contribution in [0.1, 0.15) is 6.92 Å². The van der Waals surface area contributed by atoms with Gasteiger partial charge in [-0.1, -0.05) is 0 Å². The maximum Gasteiger partial charge on any atom is 0.325 e. The molecule has 0 radical (unpaired) electrons. The number of hydrogen-bond acceptors (Lipinski definition) is 4. The van der Waals surface area contributed by atoms with E-state index in [9.17, 15) is 4.79 Å². The van der Waals surface area contributed by atoms with Gasteiger partial charge in [-0.25, -0.2) is 0 Å². The summed E-state index contributed by atoms with van der Waals surface area (Å²) in [7, 11) is 0. The molecule has 0 fully saturated rings. The van der Waals surface area contributed by atoms with Crippen molar-refractivity contribution in [1.29, 1.82) is 0 Å². The number of carbonyl (C=O) groups is 1. The molecule has 0 heterocycles. The van der Waals surface area contributed by atoms with Crippen molar-refractivity contribution in [2.45, 2.75) is 13.0 Å². The fourth-order valence-electron chi connectivity index (χ4n) is 0.324. The minimum Gasteiger partial charge on any atom is -0.465 e. The average Bonchev–Trinajstić information content (AvgIpc) is 1.87. The lowest BCUT2D eigenvalue weighted by atomic mass is 10.3. The monoisotopic (exact) mass is 133 g/mol. The van der Waals surface area contributed by atoms with Gasteiger partial charge in [-0.05, 0) is 6.92 Å². The summed E-state index contributed by atoms with van der Waals surface area (Å²) in [5.74, 6) is -0.556. The molecule has 0 aliphatic rings. The van der Waals surface area contributed by atoms with Crippen molar-refractivity contribution in [3.05, 3.63) is 0 Å². The standard InChI is InChI=1S/C5H11NO3/c1-2-9-5(8)4(6)3-7/h4,7H,2-3,6H2,1H3/t4-/m1/s1. The lowest BCUT2D eigenvalue weighted by Gasteiger charge is -2.05. The van der Waals surface area contributed by atoms with Gasteiger partial charge in [0.05, 0.1) is 13.2 Å². The highest BCUT2D eigenvalue weighted by molar-refractivity contribution is 5.75. The van der Waals surface area contributed by atoms with Gasteiger partial charge in [0.2, 0.25) is 0 Å². The Morgan fingerprint density at radius 2 is 2.44 bits per heavy atom. The first-order valence-corrected chi connectivity index (χ1v) is 2.75. The lowest BCUT2D eigenvalue weighted by molar-refractivity contribution is -0.145. The van der Waals surface area contributed by atoms with Gasteiger partial charge >= 0.3 is 5.97 Å². The van der Waals surface area contributed by atoms with Crippen LogP contribution >= 0.6 is 0 Å². The molecule has 3 N–H and O–H groups in total. The van der Waals surface area contributed by atoms with Gasteiger partial charge in [-0.3, -0.25) is 4.79 Å². The Bertz CT molecular complexity index is 94.2. The predicted octanol–water partition coefficient (Wildman–Crippen LogP) is -1.13. The molecule has 0 aromatic heterocycles. The van der Waals surface area contributed by atoms with E-state index >= 15 is 0 Å². The Hall–Kier alpha value is -0.610. The second-order valence-electron chi connectivity index (χ2n) is 1.54. The molecule has 0 bridgehead atoms. The van der Waals surface area contributed by atoms with Crippen LogP contribution in [0.25, 0.3) is 0 Å². The normalized spacial score (nSPS) is 12.8. The van der Waals surface area contributed by atoms with E-state index in [1.807, 2.05) is 0 Å². The first-order valence-electron chi connectivity index (χ1n) is 2.75. The molecule has 0 saturated carbocycles. The number of carbonyl (C=O) groups excluding carboxylic acids is 1. The van der Waals surface area contributed by atoms with E-state index in [-0.39, 0.29) is 6.61 Å². The maximum absolute atomic E-state index is 10.5. The molecular formula is C5H11NO3. The number of rotatable bonds is 3. The van der Waals surface area contributed by atoms with Crippen LogP contribution in [0.3, 0.4) is 0 Å². The molecule has 1 atom stereocenters. The van der Waals surface area contributed by atoms with Crippen LogP contribution in [0.5, 0.6) is 0 Å². The lowest BCUT2D eigenvalue weighted by Crippen LogP contribution is -2.35. The third-order valence-electron chi connectivity index (χ3n) is 0.786. The molecule has 4 heteroatoms. The topological polar surface area (TPSA) is 72.5 Å². The molecule has 0 aliphatic carbocycles. The average molecular weight is 133 g/mol. The molecule has 0 spiro atoms. The number of aliphatic hydroxyl groups excluding tert-OH is 1. The van der Waals surface area contributed by atoms with Crippen molar-refractivity contribution in [2.24, 2.45) is 5.73 Å². The second-order valence-corrected chi connectivity index (χ2v) is 1.54. The van der Waals surface area contributed by atoms with Gasteiger partial charge in [0.25, 0.3) is 0 Å². The van der Waals surface area contributed by atoms with E-state index < -0.39 is 12.0 Å². The van der Waals surface area contributed by atoms with Gasteiger partial charge in [0, 0.05) is 0 Å². The van der Waals surface area contributed by atoms with E-state index in [2.05, 4.69) is 4.74 Å². The van der Waals surface area contributed by atoms with Crippen LogP contribution in [0.4, 0.5) is 0 Å². The van der Waals surface area contributed by atoms with Gasteiger partial charge < -0.3 is 15.6 Å². The Kier molecular flexibility index (Phi) is 4.00. The summed E-state index contributed by atoms with van der Waals surface area (Å²) in [4.78, 5) is 10.5. The third-order valence-corrected chi connectivity index (χ3v) is 0.786. The quantitative estimate of drug-likeness (QED) is 0.478. The Morgan fingerprint density at radius 1 is 1.89 bits per heavy atom. The van der Waals surface area contributed by atoms with Crippen LogP contribution in [0.2, 0.25) is 0 Å². The number of esters is 1. The number of nitrogens with two attached hydrogens (primary N) is 1. The zero-order valence-electron chi connectivity index (χ0n) is 5.33. The van der Waals surface area contributed by atoms with E-state index in [0.29, 0.717) is 6.61 Å². The molecule has 0 saturated heterocycles. The highest BCUT2D eigenvalue weighted by Gasteiger charge is 2.11. The maximum atomic E-state index is 10.5. The largest absolute Gasteiger partial charge is 0.465 e. The van der Waals surface area contributed by atoms with Gasteiger partial charge in [-0.2, -0.15) is 0 Å². The molecule has 4 nitrogen and oxygen atoms in total. The number of aliphatic hydroxyl groups is 1. The fraction of sp³-hybridized carbons (Fsp3) is 0.800. The summed E-state index contributed by atoms with van der Waals surface area (Å²) >= 11 is 0. The number of ether oxygens (including phenoxy) is 1. The van der Waals surface area contributed by atoms with Gasteiger partial charge in [0.1, 0.15) is 6.04 Å². The fourth-order valence-corrected chi connectivity index (χ4v) is 0.324. The van der Waals surface area contributed by atoms with Crippen LogP contribution in [0.15, 0.2) is 0 Å². The zero-order chi connectivity index (χ0) is 7.28. The molecule has 0 rings (SSSR count). The Balaban J connectivity index is 3.46. The summed E-state index contributed by atoms with van der Waals surface area (Å²) in [6, 6.07) is -0.884.